The van der Waals surface area contributed by atoms with E-state index in [1.54, 1.807) is 81.9 Å². The number of aromatic nitrogens is 3. The number of carbonyl (C=O) groups excluding carboxylic acids is 6. The van der Waals surface area contributed by atoms with Crippen molar-refractivity contribution in [3.05, 3.63) is 101 Å². The number of fused-ring (bicyclic) bond motifs is 1. The number of carbonyl (C=O) groups is 6. The molecular formula is C37H39N9O8. The zero-order chi connectivity index (χ0) is 38.2. The number of anilines is 2. The Kier molecular flexibility index (Phi) is 11.6. The molecule has 1 unspecified atom stereocenters. The number of hydroxylamine groups is 1. The molecule has 17 nitrogen and oxygen atoms in total. The van der Waals surface area contributed by atoms with Crippen LogP contribution in [0.1, 0.15) is 74.9 Å². The maximum atomic E-state index is 13.3. The van der Waals surface area contributed by atoms with E-state index in [1.165, 1.54) is 6.07 Å². The molecule has 0 radical (unpaired) electrons. The van der Waals surface area contributed by atoms with Crippen LogP contribution >= 0.6 is 0 Å². The van der Waals surface area contributed by atoms with Crippen molar-refractivity contribution in [2.24, 2.45) is 0 Å². The number of urea groups is 1. The molecule has 0 spiro atoms. The van der Waals surface area contributed by atoms with Crippen LogP contribution in [0.15, 0.2) is 72.9 Å². The lowest BCUT2D eigenvalue weighted by Gasteiger charge is -2.27. The Bertz CT molecular complexity index is 2050. The molecule has 54 heavy (non-hydrogen) atoms. The number of piperidine rings is 1. The highest BCUT2D eigenvalue weighted by molar-refractivity contribution is 6.25. The Morgan fingerprint density at radius 2 is 1.80 bits per heavy atom. The second kappa shape index (κ2) is 16.8. The summed E-state index contributed by atoms with van der Waals surface area (Å²) in [6, 6.07) is 17.2. The van der Waals surface area contributed by atoms with Gasteiger partial charge in [-0.15, -0.1) is 5.10 Å². The van der Waals surface area contributed by atoms with E-state index in [0.29, 0.717) is 48.0 Å². The molecule has 2 aliphatic heterocycles. The van der Waals surface area contributed by atoms with Crippen molar-refractivity contribution < 1.29 is 38.7 Å². The van der Waals surface area contributed by atoms with Gasteiger partial charge in [-0.2, -0.15) is 0 Å². The van der Waals surface area contributed by atoms with Crippen LogP contribution in [0.2, 0.25) is 0 Å². The first-order chi connectivity index (χ1) is 26.1. The van der Waals surface area contributed by atoms with Crippen molar-refractivity contribution >= 4 is 46.9 Å². The molecule has 3 aromatic carbocycles. The molecule has 280 valence electrons. The summed E-state index contributed by atoms with van der Waals surface area (Å²) in [5.74, 6) is -2.31. The minimum absolute atomic E-state index is 0.0388. The number of nitrogens with one attached hydrogen (secondary N) is 4. The molecule has 1 atom stereocenters. The molecule has 0 aliphatic carbocycles. The summed E-state index contributed by atoms with van der Waals surface area (Å²) >= 11 is 0. The lowest BCUT2D eigenvalue weighted by Crippen LogP contribution is -2.54. The van der Waals surface area contributed by atoms with Crippen molar-refractivity contribution in [2.75, 3.05) is 23.8 Å². The van der Waals surface area contributed by atoms with Gasteiger partial charge in [0.1, 0.15) is 24.1 Å². The second-order valence-electron chi connectivity index (χ2n) is 12.7. The van der Waals surface area contributed by atoms with Gasteiger partial charge in [-0.05, 0) is 66.9 Å². The Morgan fingerprint density at radius 1 is 1.02 bits per heavy atom. The SMILES string of the molecule is CCCCN(Cc1ccc(C(=O)NO)cc1)C(=O)Nc1ccc(OCCn2cc(CNc3cccc4c3C(=O)N(C3CCC(=O)NC3=O)C4=O)nn2)cc1. The van der Waals surface area contributed by atoms with E-state index >= 15 is 0 Å². The van der Waals surface area contributed by atoms with Crippen LogP contribution in [0, 0.1) is 0 Å². The monoisotopic (exact) mass is 737 g/mol. The van der Waals surface area contributed by atoms with Crippen LogP contribution in [0.4, 0.5) is 16.2 Å². The van der Waals surface area contributed by atoms with Gasteiger partial charge in [0.25, 0.3) is 17.7 Å². The maximum absolute atomic E-state index is 13.3. The average Bonchev–Trinajstić information content (AvgIpc) is 3.74. The summed E-state index contributed by atoms with van der Waals surface area (Å²) in [6.07, 6.45) is 3.57. The molecule has 4 aromatic rings. The van der Waals surface area contributed by atoms with E-state index in [1.807, 2.05) is 6.92 Å². The van der Waals surface area contributed by atoms with E-state index in [9.17, 15) is 28.8 Å². The van der Waals surface area contributed by atoms with E-state index < -0.39 is 35.6 Å². The zero-order valence-corrected chi connectivity index (χ0v) is 29.4. The van der Waals surface area contributed by atoms with Crippen LogP contribution in [0.5, 0.6) is 5.75 Å². The van der Waals surface area contributed by atoms with Crippen LogP contribution in [-0.4, -0.2) is 84.8 Å². The summed E-state index contributed by atoms with van der Waals surface area (Å²) < 4.78 is 7.49. The summed E-state index contributed by atoms with van der Waals surface area (Å²) in [4.78, 5) is 77.9. The lowest BCUT2D eigenvalue weighted by molar-refractivity contribution is -0.136. The normalized spacial score (nSPS) is 15.1. The zero-order valence-electron chi connectivity index (χ0n) is 29.4. The maximum Gasteiger partial charge on any atom is 0.322 e. The minimum Gasteiger partial charge on any atom is -0.492 e. The van der Waals surface area contributed by atoms with Crippen LogP contribution < -0.4 is 26.2 Å². The van der Waals surface area contributed by atoms with Crippen molar-refractivity contribution in [2.45, 2.75) is 58.3 Å². The van der Waals surface area contributed by atoms with Crippen LogP contribution in [-0.2, 0) is 29.2 Å². The third-order valence-electron chi connectivity index (χ3n) is 8.97. The molecule has 7 amide bonds. The van der Waals surface area contributed by atoms with Crippen molar-refractivity contribution in [3.8, 4) is 5.75 Å². The van der Waals surface area contributed by atoms with Gasteiger partial charge in [-0.3, -0.25) is 39.4 Å². The molecular weight excluding hydrogens is 698 g/mol. The number of rotatable bonds is 15. The predicted molar refractivity (Wildman–Crippen MR) is 192 cm³/mol. The molecule has 1 aromatic heterocycles. The summed E-state index contributed by atoms with van der Waals surface area (Å²) in [5.41, 5.74) is 4.66. The summed E-state index contributed by atoms with van der Waals surface area (Å²) in [7, 11) is 0. The van der Waals surface area contributed by atoms with Crippen molar-refractivity contribution in [1.29, 1.82) is 0 Å². The summed E-state index contributed by atoms with van der Waals surface area (Å²) in [5, 5.41) is 25.4. The molecule has 0 bridgehead atoms. The molecule has 2 aliphatic rings. The molecule has 1 fully saturated rings. The number of ether oxygens (including phenoxy) is 1. The third kappa shape index (κ3) is 8.53. The van der Waals surface area contributed by atoms with Gasteiger partial charge in [-0.1, -0.05) is 36.8 Å². The largest absolute Gasteiger partial charge is 0.492 e. The number of nitrogens with zero attached hydrogens (tertiary/aromatic N) is 5. The average molecular weight is 738 g/mol. The van der Waals surface area contributed by atoms with E-state index in [0.717, 1.165) is 23.3 Å². The summed E-state index contributed by atoms with van der Waals surface area (Å²) in [6.45, 7) is 3.80. The van der Waals surface area contributed by atoms with Crippen molar-refractivity contribution in [3.63, 3.8) is 0 Å². The molecule has 6 rings (SSSR count). The fraction of sp³-hybridized carbons (Fsp3) is 0.297. The van der Waals surface area contributed by atoms with Crippen LogP contribution in [0.3, 0.4) is 0 Å². The first-order valence-corrected chi connectivity index (χ1v) is 17.4. The minimum atomic E-state index is -1.05. The number of unbranched alkanes of at least 4 members (excludes halogenated alkanes) is 1. The topological polar surface area (TPSA) is 217 Å². The Balaban J connectivity index is 0.976. The fourth-order valence-electron chi connectivity index (χ4n) is 6.12. The van der Waals surface area contributed by atoms with Gasteiger partial charge >= 0.3 is 6.03 Å². The molecule has 1 saturated heterocycles. The Hall–Kier alpha value is -6.62. The Labute approximate surface area is 309 Å². The standard InChI is InChI=1S/C37H39N9O8/c1-2-3-17-44(21-23-7-9-24(10-8-23)33(48)42-53)37(52)39-25-11-13-27(14-12-25)54-19-18-45-22-26(41-43-45)20-38-29-6-4-5-28-32(29)36(51)46(35(28)50)30-15-16-31(47)40-34(30)49/h4-14,22,30,38,53H,2-3,15-21H2,1H3,(H,39,52)(H,42,48)(H,40,47,49). The van der Waals surface area contributed by atoms with E-state index in [-0.39, 0.29) is 43.2 Å². The quantitative estimate of drug-likeness (QED) is 0.0677. The molecule has 3 heterocycles. The predicted octanol–water partition coefficient (Wildman–Crippen LogP) is 3.32. The van der Waals surface area contributed by atoms with Gasteiger partial charge in [-0.25, -0.2) is 15.0 Å². The van der Waals surface area contributed by atoms with E-state index in [2.05, 4.69) is 26.3 Å². The Morgan fingerprint density at radius 3 is 2.52 bits per heavy atom. The number of amides is 7. The highest BCUT2D eigenvalue weighted by Crippen LogP contribution is 2.32. The third-order valence-corrected chi connectivity index (χ3v) is 8.97. The van der Waals surface area contributed by atoms with Gasteiger partial charge in [0.05, 0.1) is 30.4 Å². The number of imide groups is 2. The fourth-order valence-corrected chi connectivity index (χ4v) is 6.12. The van der Waals surface area contributed by atoms with Gasteiger partial charge in [0.2, 0.25) is 11.8 Å². The van der Waals surface area contributed by atoms with E-state index in [4.69, 9.17) is 9.94 Å². The molecule has 17 heteroatoms. The van der Waals surface area contributed by atoms with Crippen molar-refractivity contribution in [1.82, 2.24) is 35.6 Å². The number of hydrogen-bond donors (Lipinski definition) is 5. The van der Waals surface area contributed by atoms with Crippen LogP contribution in [0.25, 0.3) is 0 Å². The number of benzene rings is 3. The molecule has 5 N–H and O–H groups in total. The smallest absolute Gasteiger partial charge is 0.322 e. The highest BCUT2D eigenvalue weighted by atomic mass is 16.5. The second-order valence-corrected chi connectivity index (χ2v) is 12.7. The lowest BCUT2D eigenvalue weighted by atomic mass is 10.0. The number of hydrogen-bond acceptors (Lipinski definition) is 11. The first-order valence-electron chi connectivity index (χ1n) is 17.4. The van der Waals surface area contributed by atoms with Gasteiger partial charge < -0.3 is 20.3 Å². The van der Waals surface area contributed by atoms with Gasteiger partial charge in [0.15, 0.2) is 0 Å². The molecule has 0 saturated carbocycles. The first kappa shape index (κ1) is 37.1. The highest BCUT2D eigenvalue weighted by Gasteiger charge is 2.45. The van der Waals surface area contributed by atoms with Gasteiger partial charge in [0, 0.05) is 36.4 Å².